The summed E-state index contributed by atoms with van der Waals surface area (Å²) in [5, 5.41) is 3.37. The van der Waals surface area contributed by atoms with E-state index in [0.29, 0.717) is 12.0 Å². The molecule has 1 atom stereocenters. The quantitative estimate of drug-likeness (QED) is 0.853. The van der Waals surface area contributed by atoms with Gasteiger partial charge in [0.25, 0.3) is 0 Å². The Labute approximate surface area is 156 Å². The molecule has 0 radical (unpaired) electrons. The van der Waals surface area contributed by atoms with Gasteiger partial charge in [0.15, 0.2) is 0 Å². The molecule has 3 heterocycles. The van der Waals surface area contributed by atoms with Gasteiger partial charge in [-0.25, -0.2) is 4.98 Å². The molecule has 1 N–H and O–H groups in total. The summed E-state index contributed by atoms with van der Waals surface area (Å²) in [5.41, 5.74) is 2.35. The van der Waals surface area contributed by atoms with Gasteiger partial charge in [0.1, 0.15) is 5.82 Å². The highest BCUT2D eigenvalue weighted by Crippen LogP contribution is 2.27. The molecule has 0 aliphatic carbocycles. The van der Waals surface area contributed by atoms with Crippen LogP contribution in [0.3, 0.4) is 0 Å². The van der Waals surface area contributed by atoms with Crippen LogP contribution in [0.2, 0.25) is 0 Å². The summed E-state index contributed by atoms with van der Waals surface area (Å²) in [5.74, 6) is 1.72. The Morgan fingerprint density at radius 2 is 1.77 bits per heavy atom. The normalized spacial score (nSPS) is 20.4. The highest BCUT2D eigenvalue weighted by molar-refractivity contribution is 5.60. The summed E-state index contributed by atoms with van der Waals surface area (Å²) in [7, 11) is 0. The molecule has 2 aliphatic heterocycles. The second-order valence-corrected chi connectivity index (χ2v) is 7.36. The van der Waals surface area contributed by atoms with E-state index >= 15 is 0 Å². The van der Waals surface area contributed by atoms with Crippen LogP contribution in [-0.2, 0) is 0 Å². The molecule has 138 valence electrons. The first-order valence-electron chi connectivity index (χ1n) is 10.1. The van der Waals surface area contributed by atoms with Gasteiger partial charge in [0, 0.05) is 43.2 Å². The Bertz CT molecular complexity index is 709. The Morgan fingerprint density at radius 3 is 2.54 bits per heavy atom. The number of piperidine rings is 1. The van der Waals surface area contributed by atoms with E-state index in [9.17, 15) is 0 Å². The zero-order valence-corrected chi connectivity index (χ0v) is 15.7. The maximum atomic E-state index is 4.78. The Balaban J connectivity index is 1.46. The van der Waals surface area contributed by atoms with Gasteiger partial charge in [-0.15, -0.1) is 0 Å². The summed E-state index contributed by atoms with van der Waals surface area (Å²) < 4.78 is 0. The monoisotopic (exact) mass is 351 g/mol. The van der Waals surface area contributed by atoms with Gasteiger partial charge in [-0.1, -0.05) is 6.92 Å². The van der Waals surface area contributed by atoms with Gasteiger partial charge in [-0.3, -0.25) is 0 Å². The summed E-state index contributed by atoms with van der Waals surface area (Å²) in [6, 6.07) is 11.3. The molecule has 5 nitrogen and oxygen atoms in total. The van der Waals surface area contributed by atoms with Crippen LogP contribution in [0.4, 0.5) is 23.1 Å². The van der Waals surface area contributed by atoms with Crippen LogP contribution in [0.1, 0.15) is 45.4 Å². The van der Waals surface area contributed by atoms with Crippen molar-refractivity contribution in [1.29, 1.82) is 0 Å². The molecule has 1 aromatic carbocycles. The molecule has 0 amide bonds. The van der Waals surface area contributed by atoms with Crippen molar-refractivity contribution in [2.45, 2.75) is 51.5 Å². The number of nitrogens with one attached hydrogen (secondary N) is 1. The molecule has 4 rings (SSSR count). The topological polar surface area (TPSA) is 44.3 Å². The summed E-state index contributed by atoms with van der Waals surface area (Å²) in [6.07, 6.45) is 9.48. The van der Waals surface area contributed by atoms with Crippen molar-refractivity contribution in [2.75, 3.05) is 34.8 Å². The molecular weight excluding hydrogens is 322 g/mol. The first-order chi connectivity index (χ1) is 12.8. The van der Waals surface area contributed by atoms with Crippen LogP contribution in [0, 0.1) is 0 Å². The van der Waals surface area contributed by atoms with Crippen LogP contribution in [0.25, 0.3) is 0 Å². The molecule has 0 saturated carbocycles. The molecule has 0 spiro atoms. The number of aromatic nitrogens is 2. The first kappa shape index (κ1) is 17.1. The Kier molecular flexibility index (Phi) is 5.23. The van der Waals surface area contributed by atoms with Gasteiger partial charge in [0.2, 0.25) is 5.95 Å². The third kappa shape index (κ3) is 3.76. The van der Waals surface area contributed by atoms with Gasteiger partial charge >= 0.3 is 0 Å². The van der Waals surface area contributed by atoms with Crippen molar-refractivity contribution in [3.8, 4) is 0 Å². The van der Waals surface area contributed by atoms with E-state index in [0.717, 1.165) is 18.1 Å². The number of nitrogens with zero attached hydrogens (tertiary/aromatic N) is 4. The lowest BCUT2D eigenvalue weighted by molar-refractivity contribution is 0.447. The number of anilines is 4. The van der Waals surface area contributed by atoms with Gasteiger partial charge in [0.05, 0.1) is 0 Å². The van der Waals surface area contributed by atoms with Crippen molar-refractivity contribution >= 4 is 23.1 Å². The van der Waals surface area contributed by atoms with E-state index in [-0.39, 0.29) is 0 Å². The van der Waals surface area contributed by atoms with Crippen LogP contribution in [0.15, 0.2) is 36.5 Å². The lowest BCUT2D eigenvalue weighted by Gasteiger charge is -2.36. The second-order valence-electron chi connectivity index (χ2n) is 7.36. The maximum Gasteiger partial charge on any atom is 0.229 e. The third-order valence-electron chi connectivity index (χ3n) is 5.63. The average molecular weight is 351 g/mol. The summed E-state index contributed by atoms with van der Waals surface area (Å²) >= 11 is 0. The molecule has 1 unspecified atom stereocenters. The van der Waals surface area contributed by atoms with Crippen molar-refractivity contribution in [3.05, 3.63) is 36.5 Å². The minimum absolute atomic E-state index is 0.603. The molecule has 0 bridgehead atoms. The summed E-state index contributed by atoms with van der Waals surface area (Å²) in [6.45, 7) is 5.71. The zero-order valence-electron chi connectivity index (χ0n) is 15.7. The predicted molar refractivity (Wildman–Crippen MR) is 108 cm³/mol. The lowest BCUT2D eigenvalue weighted by Crippen LogP contribution is -2.39. The number of rotatable bonds is 5. The van der Waals surface area contributed by atoms with Crippen molar-refractivity contribution in [2.24, 2.45) is 0 Å². The maximum absolute atomic E-state index is 4.78. The Hall–Kier alpha value is -2.30. The lowest BCUT2D eigenvalue weighted by atomic mass is 10.0. The van der Waals surface area contributed by atoms with E-state index in [1.807, 2.05) is 12.3 Å². The fourth-order valence-electron chi connectivity index (χ4n) is 4.16. The molecule has 2 aromatic rings. The molecule has 5 heteroatoms. The van der Waals surface area contributed by atoms with Gasteiger partial charge in [-0.05, 0) is 68.9 Å². The van der Waals surface area contributed by atoms with Crippen molar-refractivity contribution in [1.82, 2.24) is 9.97 Å². The number of benzene rings is 1. The van der Waals surface area contributed by atoms with Gasteiger partial charge in [-0.2, -0.15) is 4.98 Å². The van der Waals surface area contributed by atoms with Crippen molar-refractivity contribution in [3.63, 3.8) is 0 Å². The smallest absolute Gasteiger partial charge is 0.229 e. The predicted octanol–water partition coefficient (Wildman–Crippen LogP) is 4.59. The third-order valence-corrected chi connectivity index (χ3v) is 5.63. The van der Waals surface area contributed by atoms with Crippen molar-refractivity contribution < 1.29 is 0 Å². The molecule has 2 aliphatic rings. The minimum atomic E-state index is 0.603. The Morgan fingerprint density at radius 1 is 1.00 bits per heavy atom. The SMILES string of the molecule is CCC1CCCCN1c1ccnc(Nc2ccc(N3CCCC3)cc2)n1. The van der Waals surface area contributed by atoms with Crippen LogP contribution < -0.4 is 15.1 Å². The minimum Gasteiger partial charge on any atom is -0.372 e. The number of hydrogen-bond acceptors (Lipinski definition) is 5. The summed E-state index contributed by atoms with van der Waals surface area (Å²) in [4.78, 5) is 14.1. The van der Waals surface area contributed by atoms with Crippen LogP contribution >= 0.6 is 0 Å². The standard InChI is InChI=1S/C21H29N5/c1-2-18-7-3-4-16-26(18)20-12-13-22-21(24-20)23-17-8-10-19(11-9-17)25-14-5-6-15-25/h8-13,18H,2-7,14-16H2,1H3,(H,22,23,24). The fourth-order valence-corrected chi connectivity index (χ4v) is 4.16. The highest BCUT2D eigenvalue weighted by Gasteiger charge is 2.22. The van der Waals surface area contributed by atoms with E-state index in [2.05, 4.69) is 51.3 Å². The van der Waals surface area contributed by atoms with E-state index in [1.54, 1.807) is 0 Å². The average Bonchev–Trinajstić information content (AvgIpc) is 3.23. The zero-order chi connectivity index (χ0) is 17.8. The molecule has 2 fully saturated rings. The largest absolute Gasteiger partial charge is 0.372 e. The fraction of sp³-hybridized carbons (Fsp3) is 0.524. The van der Waals surface area contributed by atoms with Crippen LogP contribution in [-0.4, -0.2) is 35.6 Å². The van der Waals surface area contributed by atoms with Gasteiger partial charge < -0.3 is 15.1 Å². The van der Waals surface area contributed by atoms with E-state index < -0.39 is 0 Å². The van der Waals surface area contributed by atoms with E-state index in [1.165, 1.54) is 57.3 Å². The number of hydrogen-bond donors (Lipinski definition) is 1. The van der Waals surface area contributed by atoms with Crippen LogP contribution in [0.5, 0.6) is 0 Å². The molecule has 2 saturated heterocycles. The second kappa shape index (κ2) is 7.94. The molecular formula is C21H29N5. The first-order valence-corrected chi connectivity index (χ1v) is 10.1. The molecule has 1 aromatic heterocycles. The molecule has 26 heavy (non-hydrogen) atoms. The highest BCUT2D eigenvalue weighted by atomic mass is 15.2. The van der Waals surface area contributed by atoms with E-state index in [4.69, 9.17) is 4.98 Å².